The predicted molar refractivity (Wildman–Crippen MR) is 79.1 cm³/mol. The molecule has 0 heterocycles. The van der Waals surface area contributed by atoms with Crippen molar-refractivity contribution in [3.63, 3.8) is 0 Å². The Morgan fingerprint density at radius 1 is 0.944 bits per heavy atom. The van der Waals surface area contributed by atoms with Gasteiger partial charge in [-0.2, -0.15) is 0 Å². The van der Waals surface area contributed by atoms with Crippen molar-refractivity contribution in [3.05, 3.63) is 35.4 Å². The minimum Gasteiger partial charge on any atom is -0.504 e. The van der Waals surface area contributed by atoms with Gasteiger partial charge in [0.15, 0.2) is 11.5 Å². The highest BCUT2D eigenvalue weighted by molar-refractivity contribution is 6.75. The molecule has 0 aliphatic rings. The molecule has 2 aromatic rings. The van der Waals surface area contributed by atoms with E-state index < -0.39 is 8.07 Å². The Morgan fingerprint density at radius 3 is 2.17 bits per heavy atom. The van der Waals surface area contributed by atoms with Gasteiger partial charge in [0.1, 0.15) is 0 Å². The fourth-order valence-electron chi connectivity index (χ4n) is 2.31. The van der Waals surface area contributed by atoms with Crippen LogP contribution in [-0.4, -0.2) is 18.3 Å². The molecule has 0 atom stereocenters. The highest BCUT2D eigenvalue weighted by Gasteiger charge is 2.18. The summed E-state index contributed by atoms with van der Waals surface area (Å²) >= 11 is 0. The summed E-state index contributed by atoms with van der Waals surface area (Å²) < 4.78 is 0. The Morgan fingerprint density at radius 2 is 1.56 bits per heavy atom. The molecule has 0 fully saturated rings. The summed E-state index contributed by atoms with van der Waals surface area (Å²) in [4.78, 5) is 0. The first-order valence-corrected chi connectivity index (χ1v) is 9.93. The van der Waals surface area contributed by atoms with E-state index in [1.165, 1.54) is 11.1 Å². The van der Waals surface area contributed by atoms with Gasteiger partial charge < -0.3 is 10.2 Å². The highest BCUT2D eigenvalue weighted by atomic mass is 28.3. The minimum atomic E-state index is -1.22. The summed E-state index contributed by atoms with van der Waals surface area (Å²) in [5.41, 5.74) is 2.57. The van der Waals surface area contributed by atoms with Crippen LogP contribution < -0.4 is 0 Å². The van der Waals surface area contributed by atoms with Gasteiger partial charge in [0, 0.05) is 13.5 Å². The van der Waals surface area contributed by atoms with E-state index in [0.717, 1.165) is 16.8 Å². The average molecular weight is 260 g/mol. The Labute approximate surface area is 109 Å². The Bertz CT molecular complexity index is 597. The van der Waals surface area contributed by atoms with Crippen LogP contribution in [0.2, 0.25) is 19.6 Å². The van der Waals surface area contributed by atoms with Crippen LogP contribution in [0.25, 0.3) is 10.8 Å². The first-order valence-electron chi connectivity index (χ1n) is 6.23. The van der Waals surface area contributed by atoms with Crippen LogP contribution >= 0.6 is 0 Å². The largest absolute Gasteiger partial charge is 0.504 e. The van der Waals surface area contributed by atoms with E-state index in [2.05, 4.69) is 26.6 Å². The van der Waals surface area contributed by atoms with Crippen molar-refractivity contribution in [2.24, 2.45) is 0 Å². The number of hydrogen-bond acceptors (Lipinski definition) is 2. The molecule has 0 bridgehead atoms. The fourth-order valence-corrected chi connectivity index (χ4v) is 3.84. The van der Waals surface area contributed by atoms with Gasteiger partial charge in [-0.15, -0.1) is 0 Å². The number of aromatic hydroxyl groups is 2. The van der Waals surface area contributed by atoms with Gasteiger partial charge in [0.05, 0.1) is 0 Å². The van der Waals surface area contributed by atoms with Crippen LogP contribution in [0.15, 0.2) is 24.3 Å². The molecular formula is C15H20O2Si. The average Bonchev–Trinajstić information content (AvgIpc) is 2.26. The molecule has 2 N–H and O–H groups in total. The summed E-state index contributed by atoms with van der Waals surface area (Å²) in [5, 5.41) is 21.3. The molecule has 2 aromatic carbocycles. The van der Waals surface area contributed by atoms with E-state index in [9.17, 15) is 10.2 Å². The molecule has 0 unspecified atom stereocenters. The number of hydrogen-bond donors (Lipinski definition) is 2. The van der Waals surface area contributed by atoms with E-state index in [1.54, 1.807) is 6.07 Å². The van der Waals surface area contributed by atoms with Crippen molar-refractivity contribution in [3.8, 4) is 11.5 Å². The summed E-state index contributed by atoms with van der Waals surface area (Å²) in [6.07, 6.45) is 0. The lowest BCUT2D eigenvalue weighted by atomic mass is 10.00. The van der Waals surface area contributed by atoms with Crippen molar-refractivity contribution in [2.75, 3.05) is 0 Å². The van der Waals surface area contributed by atoms with Crippen molar-refractivity contribution < 1.29 is 10.2 Å². The van der Waals surface area contributed by atoms with Crippen LogP contribution in [-0.2, 0) is 6.04 Å². The Hall–Kier alpha value is -1.48. The zero-order valence-corrected chi connectivity index (χ0v) is 12.4. The number of fused-ring (bicyclic) bond motifs is 1. The van der Waals surface area contributed by atoms with Crippen LogP contribution in [0.1, 0.15) is 11.1 Å². The molecule has 0 saturated carbocycles. The molecule has 2 rings (SSSR count). The van der Waals surface area contributed by atoms with Crippen molar-refractivity contribution >= 4 is 18.8 Å². The topological polar surface area (TPSA) is 40.5 Å². The molecular weight excluding hydrogens is 240 g/mol. The molecule has 3 heteroatoms. The maximum atomic E-state index is 9.93. The number of rotatable bonds is 2. The van der Waals surface area contributed by atoms with E-state index in [1.807, 2.05) is 18.2 Å². The molecule has 0 amide bonds. The normalized spacial score (nSPS) is 12.0. The van der Waals surface area contributed by atoms with E-state index in [4.69, 9.17) is 0 Å². The van der Waals surface area contributed by atoms with Crippen LogP contribution in [0.5, 0.6) is 11.5 Å². The van der Waals surface area contributed by atoms with E-state index in [-0.39, 0.29) is 11.5 Å². The van der Waals surface area contributed by atoms with Crippen LogP contribution in [0.3, 0.4) is 0 Å². The van der Waals surface area contributed by atoms with Crippen molar-refractivity contribution in [1.82, 2.24) is 0 Å². The lowest BCUT2D eigenvalue weighted by Crippen LogP contribution is -2.24. The second-order valence-electron chi connectivity index (χ2n) is 6.13. The van der Waals surface area contributed by atoms with E-state index in [0.29, 0.717) is 0 Å². The van der Waals surface area contributed by atoms with E-state index >= 15 is 0 Å². The molecule has 0 spiro atoms. The molecule has 0 aromatic heterocycles. The van der Waals surface area contributed by atoms with Crippen molar-refractivity contribution in [2.45, 2.75) is 32.6 Å². The van der Waals surface area contributed by atoms with Gasteiger partial charge >= 0.3 is 0 Å². The quantitative estimate of drug-likeness (QED) is 0.633. The van der Waals surface area contributed by atoms with Gasteiger partial charge in [0.2, 0.25) is 0 Å². The number of aryl methyl sites for hydroxylation is 1. The lowest BCUT2D eigenvalue weighted by molar-refractivity contribution is 0.408. The van der Waals surface area contributed by atoms with Gasteiger partial charge in [-0.1, -0.05) is 37.8 Å². The molecule has 2 nitrogen and oxygen atoms in total. The third-order valence-corrected chi connectivity index (χ3v) is 4.62. The fraction of sp³-hybridized carbons (Fsp3) is 0.333. The molecule has 0 aliphatic carbocycles. The van der Waals surface area contributed by atoms with Gasteiger partial charge in [0.25, 0.3) is 0 Å². The maximum absolute atomic E-state index is 9.93. The van der Waals surface area contributed by atoms with Gasteiger partial charge in [-0.05, 0) is 35.5 Å². The Balaban J connectivity index is 2.72. The zero-order chi connectivity index (χ0) is 13.5. The molecule has 96 valence electrons. The lowest BCUT2D eigenvalue weighted by Gasteiger charge is -2.20. The standard InChI is InChI=1S/C15H20O2Si/c1-10-5-6-12-11(7-8-14(16)15(12)17)13(10)9-18(2,3)4/h5-8,16-17H,9H2,1-4H3. The molecule has 0 radical (unpaired) electrons. The minimum absolute atomic E-state index is 0.00988. The SMILES string of the molecule is Cc1ccc2c(O)c(O)ccc2c1C[Si](C)(C)C. The number of phenols is 2. The number of benzene rings is 2. The summed E-state index contributed by atoms with van der Waals surface area (Å²) in [5.74, 6) is -0.0605. The van der Waals surface area contributed by atoms with Gasteiger partial charge in [-0.25, -0.2) is 0 Å². The third kappa shape index (κ3) is 2.36. The highest BCUT2D eigenvalue weighted by Crippen LogP contribution is 2.36. The zero-order valence-electron chi connectivity index (χ0n) is 11.4. The predicted octanol–water partition coefficient (Wildman–Crippen LogP) is 3.98. The van der Waals surface area contributed by atoms with Crippen LogP contribution in [0, 0.1) is 6.92 Å². The second kappa shape index (κ2) is 4.32. The van der Waals surface area contributed by atoms with Crippen molar-refractivity contribution in [1.29, 1.82) is 0 Å². The number of phenolic OH excluding ortho intramolecular Hbond substituents is 2. The van der Waals surface area contributed by atoms with Gasteiger partial charge in [-0.3, -0.25) is 0 Å². The maximum Gasteiger partial charge on any atom is 0.165 e. The Kier molecular flexibility index (Phi) is 3.11. The first kappa shape index (κ1) is 13.0. The molecule has 18 heavy (non-hydrogen) atoms. The summed E-state index contributed by atoms with van der Waals surface area (Å²) in [7, 11) is -1.22. The monoisotopic (exact) mass is 260 g/mol. The molecule has 0 saturated heterocycles. The third-order valence-electron chi connectivity index (χ3n) is 3.20. The first-order chi connectivity index (χ1) is 8.29. The second-order valence-corrected chi connectivity index (χ2v) is 11.6. The smallest absolute Gasteiger partial charge is 0.165 e. The summed E-state index contributed by atoms with van der Waals surface area (Å²) in [6, 6.07) is 8.47. The van der Waals surface area contributed by atoms with Crippen LogP contribution in [0.4, 0.5) is 0 Å². The molecule has 0 aliphatic heterocycles. The summed E-state index contributed by atoms with van der Waals surface area (Å²) in [6.45, 7) is 9.13.